The molecule has 2 fully saturated rings. The Bertz CT molecular complexity index is 287. The Morgan fingerprint density at radius 3 is 2.07 bits per heavy atom. The van der Waals surface area contributed by atoms with Crippen LogP contribution >= 0.6 is 11.8 Å². The van der Waals surface area contributed by atoms with Crippen molar-refractivity contribution in [1.29, 1.82) is 0 Å². The smallest absolute Gasteiger partial charge is 0.235 e. The fourth-order valence-electron chi connectivity index (χ4n) is 1.18. The largest absolute Gasteiger partial charge is 0.354 e. The van der Waals surface area contributed by atoms with E-state index in [2.05, 4.69) is 10.6 Å². The van der Waals surface area contributed by atoms with Crippen molar-refractivity contribution in [3.05, 3.63) is 0 Å². The van der Waals surface area contributed by atoms with Crippen LogP contribution < -0.4 is 10.6 Å². The Hall–Kier alpha value is -0.270. The summed E-state index contributed by atoms with van der Waals surface area (Å²) in [6, 6.07) is 0. The molecule has 0 radical (unpaired) electrons. The zero-order valence-corrected chi connectivity index (χ0v) is 10.1. The molecule has 0 unspecified atom stereocenters. The van der Waals surface area contributed by atoms with E-state index in [9.17, 15) is 13.2 Å². The van der Waals surface area contributed by atoms with Crippen LogP contribution in [0.15, 0.2) is 0 Å². The number of nitrogens with one attached hydrogen (secondary N) is 2. The van der Waals surface area contributed by atoms with Crippen molar-refractivity contribution in [2.75, 3.05) is 42.6 Å². The van der Waals surface area contributed by atoms with E-state index in [4.69, 9.17) is 0 Å². The highest BCUT2D eigenvalue weighted by Crippen LogP contribution is 1.99. The number of sulfone groups is 1. The summed E-state index contributed by atoms with van der Waals surface area (Å²) in [6.45, 7) is 2.69. The Labute approximate surface area is 94.3 Å². The molecule has 1 amide bonds. The van der Waals surface area contributed by atoms with Gasteiger partial charge in [0.1, 0.15) is 5.75 Å². The lowest BCUT2D eigenvalue weighted by atomic mass is 10.6. The predicted molar refractivity (Wildman–Crippen MR) is 61.9 cm³/mol. The summed E-state index contributed by atoms with van der Waals surface area (Å²) >= 11 is 2.03. The topological polar surface area (TPSA) is 75.3 Å². The quantitative estimate of drug-likeness (QED) is 0.570. The second kappa shape index (κ2) is 6.34. The summed E-state index contributed by atoms with van der Waals surface area (Å²) in [5.41, 5.74) is 0. The van der Waals surface area contributed by atoms with Crippen molar-refractivity contribution in [3.8, 4) is 0 Å². The number of hydrogen-bond acceptors (Lipinski definition) is 5. The molecular weight excluding hydrogens is 236 g/mol. The molecule has 0 bridgehead atoms. The van der Waals surface area contributed by atoms with Crippen molar-refractivity contribution >= 4 is 27.5 Å². The molecule has 0 aromatic rings. The van der Waals surface area contributed by atoms with Gasteiger partial charge in [0.2, 0.25) is 5.91 Å². The highest BCUT2D eigenvalue weighted by atomic mass is 32.2. The maximum atomic E-state index is 10.6. The zero-order chi connectivity index (χ0) is 11.1. The molecule has 2 aliphatic heterocycles. The summed E-state index contributed by atoms with van der Waals surface area (Å²) in [6.07, 6.45) is 0. The van der Waals surface area contributed by atoms with Gasteiger partial charge in [-0.3, -0.25) is 4.79 Å². The average molecular weight is 252 g/mol. The Balaban J connectivity index is 0.000000162. The van der Waals surface area contributed by atoms with Crippen LogP contribution in [0.5, 0.6) is 0 Å². The van der Waals surface area contributed by atoms with Gasteiger partial charge in [-0.05, 0) is 0 Å². The van der Waals surface area contributed by atoms with Gasteiger partial charge >= 0.3 is 0 Å². The van der Waals surface area contributed by atoms with Crippen molar-refractivity contribution < 1.29 is 13.2 Å². The number of carbonyl (C=O) groups is 1. The first-order valence-corrected chi connectivity index (χ1v) is 7.83. The molecular formula is C8H16N2O3S2. The number of amides is 1. The maximum absolute atomic E-state index is 10.6. The van der Waals surface area contributed by atoms with E-state index in [1.54, 1.807) is 0 Å². The fourth-order valence-corrected chi connectivity index (χ4v) is 3.03. The fraction of sp³-hybridized carbons (Fsp3) is 0.875. The SMILES string of the molecule is C1CSCCN1.O=C1CS(=O)(=O)CCN1. The third-order valence-corrected chi connectivity index (χ3v) is 4.45. The summed E-state index contributed by atoms with van der Waals surface area (Å²) in [7, 11) is -3.04. The summed E-state index contributed by atoms with van der Waals surface area (Å²) in [5, 5.41) is 5.68. The third-order valence-electron chi connectivity index (χ3n) is 1.93. The molecule has 0 aromatic carbocycles. The number of thioether (sulfide) groups is 1. The van der Waals surface area contributed by atoms with Gasteiger partial charge in [0.15, 0.2) is 9.84 Å². The van der Waals surface area contributed by atoms with Gasteiger partial charge in [-0.1, -0.05) is 0 Å². The molecule has 0 saturated carbocycles. The minimum absolute atomic E-state index is 0.0821. The Morgan fingerprint density at radius 1 is 1.13 bits per heavy atom. The summed E-state index contributed by atoms with van der Waals surface area (Å²) in [5.74, 6) is 1.97. The first kappa shape index (κ1) is 12.8. The van der Waals surface area contributed by atoms with Gasteiger partial charge in [-0.2, -0.15) is 11.8 Å². The lowest BCUT2D eigenvalue weighted by molar-refractivity contribution is -0.118. The monoisotopic (exact) mass is 252 g/mol. The molecule has 2 rings (SSSR count). The van der Waals surface area contributed by atoms with Crippen LogP contribution in [0.1, 0.15) is 0 Å². The summed E-state index contributed by atoms with van der Waals surface area (Å²) in [4.78, 5) is 10.4. The molecule has 2 N–H and O–H groups in total. The van der Waals surface area contributed by atoms with Gasteiger partial charge in [0.05, 0.1) is 5.75 Å². The van der Waals surface area contributed by atoms with Crippen LogP contribution in [0, 0.1) is 0 Å². The molecule has 0 aliphatic carbocycles. The lowest BCUT2D eigenvalue weighted by Gasteiger charge is -2.10. The van der Waals surface area contributed by atoms with Crippen molar-refractivity contribution in [2.24, 2.45) is 0 Å². The van der Waals surface area contributed by atoms with E-state index in [-0.39, 0.29) is 24.0 Å². The molecule has 2 saturated heterocycles. The zero-order valence-electron chi connectivity index (χ0n) is 8.49. The van der Waals surface area contributed by atoms with E-state index in [1.165, 1.54) is 24.6 Å². The van der Waals surface area contributed by atoms with Crippen molar-refractivity contribution in [1.82, 2.24) is 10.6 Å². The lowest BCUT2D eigenvalue weighted by Crippen LogP contribution is -2.40. The second-order valence-electron chi connectivity index (χ2n) is 3.30. The minimum atomic E-state index is -3.04. The number of hydrogen-bond donors (Lipinski definition) is 2. The van der Waals surface area contributed by atoms with E-state index in [0.29, 0.717) is 0 Å². The molecule has 0 atom stereocenters. The van der Waals surface area contributed by atoms with Gasteiger partial charge in [-0.15, -0.1) is 0 Å². The molecule has 15 heavy (non-hydrogen) atoms. The van der Waals surface area contributed by atoms with Gasteiger partial charge < -0.3 is 10.6 Å². The first-order chi connectivity index (χ1) is 7.10. The maximum Gasteiger partial charge on any atom is 0.235 e. The minimum Gasteiger partial charge on any atom is -0.354 e. The van der Waals surface area contributed by atoms with Crippen LogP contribution in [-0.2, 0) is 14.6 Å². The van der Waals surface area contributed by atoms with Gasteiger partial charge in [0, 0.05) is 31.1 Å². The van der Waals surface area contributed by atoms with E-state index in [0.717, 1.165) is 0 Å². The van der Waals surface area contributed by atoms with E-state index >= 15 is 0 Å². The van der Waals surface area contributed by atoms with Crippen molar-refractivity contribution in [3.63, 3.8) is 0 Å². The molecule has 0 aromatic heterocycles. The average Bonchev–Trinajstić information content (AvgIpc) is 2.19. The Morgan fingerprint density at radius 2 is 1.80 bits per heavy atom. The second-order valence-corrected chi connectivity index (χ2v) is 6.71. The normalized spacial score (nSPS) is 24.7. The summed E-state index contributed by atoms with van der Waals surface area (Å²) < 4.78 is 21.2. The van der Waals surface area contributed by atoms with Crippen LogP contribution in [0.2, 0.25) is 0 Å². The van der Waals surface area contributed by atoms with Crippen LogP contribution in [0.3, 0.4) is 0 Å². The highest BCUT2D eigenvalue weighted by Gasteiger charge is 2.20. The standard InChI is InChI=1S/C4H7NO3S.C4H9NS/c6-4-3-9(7,8)2-1-5-4;1-3-6-4-2-5-1/h1-3H2,(H,5,6);5H,1-4H2. The van der Waals surface area contributed by atoms with Crippen LogP contribution in [-0.4, -0.2) is 57.0 Å². The van der Waals surface area contributed by atoms with Crippen LogP contribution in [0.25, 0.3) is 0 Å². The first-order valence-electron chi connectivity index (χ1n) is 4.86. The molecule has 2 heterocycles. The molecule has 2 aliphatic rings. The van der Waals surface area contributed by atoms with E-state index in [1.807, 2.05) is 11.8 Å². The predicted octanol–water partition coefficient (Wildman–Crippen LogP) is -1.15. The third kappa shape index (κ3) is 6.01. The Kier molecular flexibility index (Phi) is 5.41. The van der Waals surface area contributed by atoms with Crippen LogP contribution in [0.4, 0.5) is 0 Å². The van der Waals surface area contributed by atoms with Gasteiger partial charge in [-0.25, -0.2) is 8.42 Å². The highest BCUT2D eigenvalue weighted by molar-refractivity contribution is 7.99. The number of carbonyl (C=O) groups excluding carboxylic acids is 1. The number of rotatable bonds is 0. The van der Waals surface area contributed by atoms with Crippen molar-refractivity contribution in [2.45, 2.75) is 0 Å². The molecule has 0 spiro atoms. The molecule has 7 heteroatoms. The molecule has 5 nitrogen and oxygen atoms in total. The van der Waals surface area contributed by atoms with Gasteiger partial charge in [0.25, 0.3) is 0 Å². The molecule has 88 valence electrons. The van der Waals surface area contributed by atoms with E-state index < -0.39 is 9.84 Å².